The highest BCUT2D eigenvalue weighted by Gasteiger charge is 2.11. The number of hydrogen-bond acceptors (Lipinski definition) is 3. The molecule has 1 aromatic heterocycles. The van der Waals surface area contributed by atoms with Crippen molar-refractivity contribution >= 4 is 17.7 Å². The Bertz CT molecular complexity index is 349. The third-order valence-corrected chi connectivity index (χ3v) is 3.37. The molecule has 1 N–H and O–H groups in total. The van der Waals surface area contributed by atoms with Crippen LogP contribution in [0.25, 0.3) is 0 Å². The van der Waals surface area contributed by atoms with E-state index in [4.69, 9.17) is 5.11 Å². The predicted molar refractivity (Wildman–Crippen MR) is 60.9 cm³/mol. The van der Waals surface area contributed by atoms with Crippen molar-refractivity contribution in [1.82, 2.24) is 9.78 Å². The summed E-state index contributed by atoms with van der Waals surface area (Å²) >= 11 is 1.63. The van der Waals surface area contributed by atoms with Crippen LogP contribution in [0.2, 0.25) is 0 Å². The Morgan fingerprint density at radius 1 is 1.73 bits per heavy atom. The zero-order valence-corrected chi connectivity index (χ0v) is 10.0. The van der Waals surface area contributed by atoms with Gasteiger partial charge in [0.05, 0.1) is 11.6 Å². The Kier molecular flexibility index (Phi) is 4.20. The van der Waals surface area contributed by atoms with Crippen LogP contribution >= 0.6 is 11.8 Å². The Morgan fingerprint density at radius 2 is 2.40 bits per heavy atom. The maximum absolute atomic E-state index is 10.6. The molecule has 1 rings (SSSR count). The number of carbonyl (C=O) groups is 1. The fraction of sp³-hybridized carbons (Fsp3) is 0.600. The number of nitrogens with zero attached hydrogens (tertiary/aromatic N) is 2. The molecule has 1 heterocycles. The summed E-state index contributed by atoms with van der Waals surface area (Å²) in [7, 11) is 1.91. The Hall–Kier alpha value is -0.970. The molecule has 0 saturated heterocycles. The molecule has 1 unspecified atom stereocenters. The average Bonchev–Trinajstić information content (AvgIpc) is 2.45. The molecule has 1 aromatic rings. The molecule has 0 aromatic carbocycles. The van der Waals surface area contributed by atoms with E-state index in [1.54, 1.807) is 18.7 Å². The van der Waals surface area contributed by atoms with E-state index in [-0.39, 0.29) is 5.92 Å². The van der Waals surface area contributed by atoms with Gasteiger partial charge in [0.2, 0.25) is 0 Å². The first kappa shape index (κ1) is 12.1. The van der Waals surface area contributed by atoms with Gasteiger partial charge in [-0.2, -0.15) is 16.9 Å². The number of thioether (sulfide) groups is 1. The molecule has 5 heteroatoms. The number of carboxylic acid groups (broad SMARTS) is 1. The number of rotatable bonds is 5. The van der Waals surface area contributed by atoms with Gasteiger partial charge in [-0.25, -0.2) is 0 Å². The standard InChI is InChI=1S/C10H16N2O2S/c1-7(10(13)14)5-15-6-9-4-8(2)11-12(9)3/h4,7H,5-6H2,1-3H3,(H,13,14). The van der Waals surface area contributed by atoms with Gasteiger partial charge in [0.25, 0.3) is 0 Å². The van der Waals surface area contributed by atoms with E-state index in [2.05, 4.69) is 5.10 Å². The van der Waals surface area contributed by atoms with Gasteiger partial charge < -0.3 is 5.11 Å². The van der Waals surface area contributed by atoms with Crippen molar-refractivity contribution in [2.75, 3.05) is 5.75 Å². The molecule has 1 atom stereocenters. The maximum Gasteiger partial charge on any atom is 0.307 e. The van der Waals surface area contributed by atoms with Gasteiger partial charge in [-0.1, -0.05) is 6.92 Å². The van der Waals surface area contributed by atoms with Gasteiger partial charge in [0, 0.05) is 24.2 Å². The highest BCUT2D eigenvalue weighted by molar-refractivity contribution is 7.98. The Morgan fingerprint density at radius 3 is 2.87 bits per heavy atom. The SMILES string of the molecule is Cc1cc(CSCC(C)C(=O)O)n(C)n1. The molecule has 0 radical (unpaired) electrons. The third kappa shape index (κ3) is 3.58. The highest BCUT2D eigenvalue weighted by atomic mass is 32.2. The number of carboxylic acids is 1. The van der Waals surface area contributed by atoms with E-state index in [1.807, 2.05) is 24.7 Å². The van der Waals surface area contributed by atoms with Crippen LogP contribution in [-0.4, -0.2) is 26.6 Å². The smallest absolute Gasteiger partial charge is 0.307 e. The minimum Gasteiger partial charge on any atom is -0.481 e. The number of aryl methyl sites for hydroxylation is 2. The second-order valence-corrected chi connectivity index (χ2v) is 4.69. The van der Waals surface area contributed by atoms with Crippen LogP contribution in [0.1, 0.15) is 18.3 Å². The molecule has 15 heavy (non-hydrogen) atoms. The molecule has 0 aliphatic carbocycles. The van der Waals surface area contributed by atoms with Crippen LogP contribution in [0.3, 0.4) is 0 Å². The van der Waals surface area contributed by atoms with Crippen LogP contribution in [-0.2, 0) is 17.6 Å². The summed E-state index contributed by atoms with van der Waals surface area (Å²) < 4.78 is 1.84. The van der Waals surface area contributed by atoms with Crippen molar-refractivity contribution in [2.24, 2.45) is 13.0 Å². The zero-order valence-electron chi connectivity index (χ0n) is 9.23. The first-order valence-corrected chi connectivity index (χ1v) is 5.96. The second-order valence-electron chi connectivity index (χ2n) is 3.66. The summed E-state index contributed by atoms with van der Waals surface area (Å²) in [6.45, 7) is 3.68. The molecule has 0 aliphatic heterocycles. The van der Waals surface area contributed by atoms with Gasteiger partial charge in [-0.15, -0.1) is 0 Å². The minimum absolute atomic E-state index is 0.288. The predicted octanol–water partition coefficient (Wildman–Crippen LogP) is 1.68. The topological polar surface area (TPSA) is 55.1 Å². The van der Waals surface area contributed by atoms with Crippen LogP contribution in [0.15, 0.2) is 6.07 Å². The quantitative estimate of drug-likeness (QED) is 0.833. The molecule has 0 bridgehead atoms. The average molecular weight is 228 g/mol. The minimum atomic E-state index is -0.733. The van der Waals surface area contributed by atoms with Crippen molar-refractivity contribution < 1.29 is 9.90 Å². The van der Waals surface area contributed by atoms with Crippen molar-refractivity contribution in [1.29, 1.82) is 0 Å². The molecule has 0 fully saturated rings. The molecule has 0 aliphatic rings. The lowest BCUT2D eigenvalue weighted by atomic mass is 10.2. The van der Waals surface area contributed by atoms with Gasteiger partial charge in [0.1, 0.15) is 0 Å². The van der Waals surface area contributed by atoms with E-state index in [0.29, 0.717) is 5.75 Å². The Balaban J connectivity index is 2.38. The van der Waals surface area contributed by atoms with Gasteiger partial charge in [0.15, 0.2) is 0 Å². The third-order valence-electron chi connectivity index (χ3n) is 2.14. The first-order chi connectivity index (χ1) is 7.00. The number of aliphatic carboxylic acids is 1. The van der Waals surface area contributed by atoms with Crippen LogP contribution in [0.4, 0.5) is 0 Å². The van der Waals surface area contributed by atoms with Gasteiger partial charge in [-0.05, 0) is 13.0 Å². The summed E-state index contributed by atoms with van der Waals surface area (Å²) in [4.78, 5) is 10.6. The van der Waals surface area contributed by atoms with E-state index in [9.17, 15) is 4.79 Å². The van der Waals surface area contributed by atoms with E-state index < -0.39 is 5.97 Å². The largest absolute Gasteiger partial charge is 0.481 e. The Labute approximate surface area is 93.7 Å². The summed E-state index contributed by atoms with van der Waals surface area (Å²) in [5.74, 6) is 0.433. The van der Waals surface area contributed by atoms with Crippen LogP contribution < -0.4 is 0 Å². The molecular weight excluding hydrogens is 212 g/mol. The monoisotopic (exact) mass is 228 g/mol. The van der Waals surface area contributed by atoms with Gasteiger partial charge in [-0.3, -0.25) is 9.48 Å². The fourth-order valence-corrected chi connectivity index (χ4v) is 2.30. The summed E-state index contributed by atoms with van der Waals surface area (Å²) in [6, 6.07) is 2.03. The number of hydrogen-bond donors (Lipinski definition) is 1. The fourth-order valence-electron chi connectivity index (χ4n) is 1.21. The van der Waals surface area contributed by atoms with Crippen molar-refractivity contribution in [3.8, 4) is 0 Å². The van der Waals surface area contributed by atoms with Crippen molar-refractivity contribution in [3.63, 3.8) is 0 Å². The number of aromatic nitrogens is 2. The van der Waals surface area contributed by atoms with E-state index in [1.165, 1.54) is 0 Å². The molecule has 0 spiro atoms. The summed E-state index contributed by atoms with van der Waals surface area (Å²) in [6.07, 6.45) is 0. The van der Waals surface area contributed by atoms with E-state index in [0.717, 1.165) is 17.1 Å². The van der Waals surface area contributed by atoms with Crippen LogP contribution in [0.5, 0.6) is 0 Å². The summed E-state index contributed by atoms with van der Waals surface area (Å²) in [5.41, 5.74) is 2.13. The molecule has 0 saturated carbocycles. The first-order valence-electron chi connectivity index (χ1n) is 4.80. The lowest BCUT2D eigenvalue weighted by molar-refractivity contribution is -0.140. The molecule has 4 nitrogen and oxygen atoms in total. The van der Waals surface area contributed by atoms with Crippen molar-refractivity contribution in [3.05, 3.63) is 17.5 Å². The van der Waals surface area contributed by atoms with Crippen LogP contribution in [0, 0.1) is 12.8 Å². The van der Waals surface area contributed by atoms with Gasteiger partial charge >= 0.3 is 5.97 Å². The molecular formula is C10H16N2O2S. The molecule has 0 amide bonds. The lowest BCUT2D eigenvalue weighted by Gasteiger charge is -2.05. The lowest BCUT2D eigenvalue weighted by Crippen LogP contribution is -2.12. The highest BCUT2D eigenvalue weighted by Crippen LogP contribution is 2.15. The summed E-state index contributed by atoms with van der Waals surface area (Å²) in [5, 5.41) is 12.9. The maximum atomic E-state index is 10.6. The normalized spacial score (nSPS) is 12.7. The zero-order chi connectivity index (χ0) is 11.4. The van der Waals surface area contributed by atoms with Crippen molar-refractivity contribution in [2.45, 2.75) is 19.6 Å². The van der Waals surface area contributed by atoms with E-state index >= 15 is 0 Å². The molecule has 84 valence electrons. The second kappa shape index (κ2) is 5.21.